The molecule has 2 amide bonds. The number of nitrogens with zero attached hydrogens (tertiary/aromatic N) is 1. The molecule has 0 spiro atoms. The fourth-order valence-corrected chi connectivity index (χ4v) is 4.42. The second kappa shape index (κ2) is 10.6. The van der Waals surface area contributed by atoms with E-state index in [2.05, 4.69) is 0 Å². The van der Waals surface area contributed by atoms with Crippen molar-refractivity contribution in [2.75, 3.05) is 6.54 Å². The molecule has 0 radical (unpaired) electrons. The first kappa shape index (κ1) is 26.1. The highest BCUT2D eigenvalue weighted by atomic mass is 19.4. The number of hydrogen-bond acceptors (Lipinski definition) is 4. The van der Waals surface area contributed by atoms with Crippen molar-refractivity contribution in [3.8, 4) is 11.1 Å². The molecule has 1 aliphatic heterocycles. The third-order valence-electron chi connectivity index (χ3n) is 6.55. The van der Waals surface area contributed by atoms with Gasteiger partial charge >= 0.3 is 12.1 Å². The predicted octanol–water partition coefficient (Wildman–Crippen LogP) is 5.05. The summed E-state index contributed by atoms with van der Waals surface area (Å²) in [5.41, 5.74) is 2.00. The number of aliphatic hydroxyl groups excluding tert-OH is 1. The fraction of sp³-hybridized carbons (Fsp3) is 0.250. The zero-order valence-corrected chi connectivity index (χ0v) is 19.6. The summed E-state index contributed by atoms with van der Waals surface area (Å²) in [5.74, 6) is -3.35. The van der Waals surface area contributed by atoms with Gasteiger partial charge in [0.2, 0.25) is 0 Å². The summed E-state index contributed by atoms with van der Waals surface area (Å²) in [7, 11) is 0. The van der Waals surface area contributed by atoms with Gasteiger partial charge in [-0.15, -0.1) is 0 Å². The van der Waals surface area contributed by atoms with E-state index in [1.165, 1.54) is 12.1 Å². The average molecular weight is 511 g/mol. The normalized spacial score (nSPS) is 15.0. The number of aryl methyl sites for hydroxylation is 1. The Bertz CT molecular complexity index is 1270. The Kier molecular flexibility index (Phi) is 7.45. The van der Waals surface area contributed by atoms with Crippen LogP contribution in [0.2, 0.25) is 0 Å². The van der Waals surface area contributed by atoms with Gasteiger partial charge in [0.05, 0.1) is 28.7 Å². The molecule has 4 rings (SSSR count). The molecule has 0 bridgehead atoms. The van der Waals surface area contributed by atoms with Crippen LogP contribution in [0.4, 0.5) is 13.2 Å². The lowest BCUT2D eigenvalue weighted by molar-refractivity contribution is -0.146. The molecule has 3 aromatic rings. The minimum Gasteiger partial charge on any atom is -0.481 e. The molecule has 0 aliphatic carbocycles. The Morgan fingerprint density at radius 2 is 1.32 bits per heavy atom. The van der Waals surface area contributed by atoms with Gasteiger partial charge in [0.25, 0.3) is 11.8 Å². The van der Waals surface area contributed by atoms with E-state index in [9.17, 15) is 37.8 Å². The number of amides is 2. The van der Waals surface area contributed by atoms with Gasteiger partial charge in [-0.25, -0.2) is 0 Å². The van der Waals surface area contributed by atoms with E-state index in [0.29, 0.717) is 12.0 Å². The number of hydrogen-bond donors (Lipinski definition) is 2. The molecule has 6 nitrogen and oxygen atoms in total. The van der Waals surface area contributed by atoms with Crippen molar-refractivity contribution in [1.82, 2.24) is 4.90 Å². The molecule has 1 heterocycles. The van der Waals surface area contributed by atoms with E-state index in [4.69, 9.17) is 0 Å². The number of aliphatic carboxylic acids is 1. The van der Waals surface area contributed by atoms with Gasteiger partial charge in [-0.3, -0.25) is 19.3 Å². The lowest BCUT2D eigenvalue weighted by Gasteiger charge is -2.22. The van der Waals surface area contributed by atoms with E-state index in [1.807, 2.05) is 0 Å². The van der Waals surface area contributed by atoms with Crippen LogP contribution in [-0.4, -0.2) is 45.5 Å². The number of fused-ring (bicyclic) bond motifs is 1. The van der Waals surface area contributed by atoms with Crippen molar-refractivity contribution in [2.45, 2.75) is 31.5 Å². The Labute approximate surface area is 211 Å². The van der Waals surface area contributed by atoms with Crippen LogP contribution >= 0.6 is 0 Å². The highest BCUT2D eigenvalue weighted by Gasteiger charge is 2.36. The zero-order valence-electron chi connectivity index (χ0n) is 19.6. The van der Waals surface area contributed by atoms with Crippen LogP contribution in [0.25, 0.3) is 11.1 Å². The maximum Gasteiger partial charge on any atom is 0.416 e. The number of benzene rings is 3. The highest BCUT2D eigenvalue weighted by molar-refractivity contribution is 6.21. The average Bonchev–Trinajstić information content (AvgIpc) is 3.12. The molecule has 0 saturated carbocycles. The van der Waals surface area contributed by atoms with Crippen LogP contribution in [0.5, 0.6) is 0 Å². The van der Waals surface area contributed by atoms with Crippen LogP contribution in [-0.2, 0) is 17.4 Å². The van der Waals surface area contributed by atoms with Gasteiger partial charge in [-0.2, -0.15) is 13.2 Å². The molecular formula is C28H24F3NO5. The van der Waals surface area contributed by atoms with Crippen molar-refractivity contribution < 1.29 is 37.8 Å². The van der Waals surface area contributed by atoms with Crippen LogP contribution < -0.4 is 0 Å². The second-order valence-electron chi connectivity index (χ2n) is 8.92. The van der Waals surface area contributed by atoms with Crippen molar-refractivity contribution in [1.29, 1.82) is 0 Å². The number of carbonyl (C=O) groups is 3. The Balaban J connectivity index is 1.33. The molecule has 0 aromatic heterocycles. The van der Waals surface area contributed by atoms with Gasteiger partial charge in [-0.05, 0) is 60.2 Å². The number of carboxylic acid groups (broad SMARTS) is 1. The van der Waals surface area contributed by atoms with E-state index in [-0.39, 0.29) is 30.5 Å². The number of aliphatic hydroxyl groups is 1. The summed E-state index contributed by atoms with van der Waals surface area (Å²) in [6, 6.07) is 18.3. The maximum absolute atomic E-state index is 12.8. The largest absolute Gasteiger partial charge is 0.481 e. The molecule has 0 saturated heterocycles. The Morgan fingerprint density at radius 1 is 0.811 bits per heavy atom. The molecule has 9 heteroatoms. The summed E-state index contributed by atoms with van der Waals surface area (Å²) in [6.07, 6.45) is -5.19. The summed E-state index contributed by atoms with van der Waals surface area (Å²) in [5, 5.41) is 20.2. The molecule has 37 heavy (non-hydrogen) atoms. The number of carboxylic acids is 1. The number of alkyl halides is 3. The van der Waals surface area contributed by atoms with Crippen LogP contribution in [0.15, 0.2) is 72.8 Å². The third-order valence-corrected chi connectivity index (χ3v) is 6.55. The highest BCUT2D eigenvalue weighted by Crippen LogP contribution is 2.31. The first-order chi connectivity index (χ1) is 17.6. The summed E-state index contributed by atoms with van der Waals surface area (Å²) < 4.78 is 38.3. The first-order valence-corrected chi connectivity index (χ1v) is 11.7. The molecule has 3 aromatic carbocycles. The molecule has 1 aliphatic rings. The van der Waals surface area contributed by atoms with Crippen molar-refractivity contribution in [3.63, 3.8) is 0 Å². The van der Waals surface area contributed by atoms with Crippen LogP contribution in [0.3, 0.4) is 0 Å². The standard InChI is InChI=1S/C28H24F3NO5/c29-28(30,31)20-12-10-19(11-13-20)18-8-5-17(6-9-18)7-14-24(33)23(27(36)37)15-16-32-25(34)21-3-1-2-4-22(21)26(32)35/h1-6,8-13,23-24,33H,7,14-16H2,(H,36,37)/t23-,24-/m1/s1. The van der Waals surface area contributed by atoms with Crippen molar-refractivity contribution in [3.05, 3.63) is 95.1 Å². The second-order valence-corrected chi connectivity index (χ2v) is 8.92. The van der Waals surface area contributed by atoms with Gasteiger partial charge in [0.1, 0.15) is 0 Å². The number of imide groups is 1. The molecule has 2 atom stereocenters. The molecule has 0 unspecified atom stereocenters. The van der Waals surface area contributed by atoms with Gasteiger partial charge < -0.3 is 10.2 Å². The number of halogens is 3. The monoisotopic (exact) mass is 511 g/mol. The van der Waals surface area contributed by atoms with Crippen LogP contribution in [0, 0.1) is 5.92 Å². The van der Waals surface area contributed by atoms with E-state index < -0.39 is 41.5 Å². The minimum absolute atomic E-state index is 0.0885. The fourth-order valence-electron chi connectivity index (χ4n) is 4.42. The Hall–Kier alpha value is -3.98. The predicted molar refractivity (Wildman–Crippen MR) is 129 cm³/mol. The number of rotatable bonds is 9. The van der Waals surface area contributed by atoms with Crippen molar-refractivity contribution in [2.24, 2.45) is 5.92 Å². The van der Waals surface area contributed by atoms with E-state index in [1.54, 1.807) is 48.5 Å². The summed E-state index contributed by atoms with van der Waals surface area (Å²) >= 11 is 0. The third kappa shape index (κ3) is 5.72. The van der Waals surface area contributed by atoms with Gasteiger partial charge in [0, 0.05) is 6.54 Å². The molecule has 192 valence electrons. The smallest absolute Gasteiger partial charge is 0.416 e. The van der Waals surface area contributed by atoms with E-state index in [0.717, 1.165) is 28.2 Å². The number of carbonyl (C=O) groups excluding carboxylic acids is 2. The maximum atomic E-state index is 12.8. The van der Waals surface area contributed by atoms with Crippen molar-refractivity contribution >= 4 is 17.8 Å². The lowest BCUT2D eigenvalue weighted by Crippen LogP contribution is -2.36. The Morgan fingerprint density at radius 3 is 1.81 bits per heavy atom. The molecule has 2 N–H and O–H groups in total. The lowest BCUT2D eigenvalue weighted by atomic mass is 9.93. The minimum atomic E-state index is -4.40. The van der Waals surface area contributed by atoms with Gasteiger partial charge in [0.15, 0.2) is 0 Å². The molecular weight excluding hydrogens is 487 g/mol. The first-order valence-electron chi connectivity index (χ1n) is 11.7. The van der Waals surface area contributed by atoms with Crippen LogP contribution in [0.1, 0.15) is 44.7 Å². The topological polar surface area (TPSA) is 94.9 Å². The quantitative estimate of drug-likeness (QED) is 0.392. The van der Waals surface area contributed by atoms with Gasteiger partial charge in [-0.1, -0.05) is 48.5 Å². The SMILES string of the molecule is O=C(O)[C@H](CCN1C(=O)c2ccccc2C1=O)[C@H](O)CCc1ccc(-c2ccc(C(F)(F)F)cc2)cc1. The zero-order chi connectivity index (χ0) is 26.7. The molecule has 0 fully saturated rings. The summed E-state index contributed by atoms with van der Waals surface area (Å²) in [6.45, 7) is -0.123. The summed E-state index contributed by atoms with van der Waals surface area (Å²) in [4.78, 5) is 37.8. The van der Waals surface area contributed by atoms with E-state index >= 15 is 0 Å².